The van der Waals surface area contributed by atoms with Gasteiger partial charge < -0.3 is 25.0 Å². The van der Waals surface area contributed by atoms with Crippen LogP contribution in [0.15, 0.2) is 41.7 Å². The number of imidazole rings is 1. The highest BCUT2D eigenvalue weighted by Gasteiger charge is 2.45. The SMILES string of the molecule is OCC1OC(n2c(N3CCCC3)nc3c(SCc4ccccc4)ncnc32)C(O)C1O. The molecule has 2 aromatic heterocycles. The largest absolute Gasteiger partial charge is 0.394 e. The summed E-state index contributed by atoms with van der Waals surface area (Å²) in [5, 5.41) is 31.3. The van der Waals surface area contributed by atoms with Crippen LogP contribution in [0.1, 0.15) is 24.6 Å². The Balaban J connectivity index is 1.56. The second-order valence-electron chi connectivity index (χ2n) is 7.83. The van der Waals surface area contributed by atoms with Crippen LogP contribution in [0.4, 0.5) is 5.95 Å². The molecule has 2 fully saturated rings. The van der Waals surface area contributed by atoms with Gasteiger partial charge in [0.2, 0.25) is 5.95 Å². The Bertz CT molecular complexity index is 1040. The van der Waals surface area contributed by atoms with Gasteiger partial charge in [0.15, 0.2) is 11.9 Å². The third-order valence-corrected chi connectivity index (χ3v) is 6.85. The molecule has 9 nitrogen and oxygen atoms in total. The maximum absolute atomic E-state index is 10.7. The molecule has 1 aromatic carbocycles. The minimum absolute atomic E-state index is 0.381. The third-order valence-electron chi connectivity index (χ3n) is 5.80. The zero-order chi connectivity index (χ0) is 21.4. The minimum Gasteiger partial charge on any atom is -0.394 e. The number of fused-ring (bicyclic) bond motifs is 1. The Morgan fingerprint density at radius 3 is 2.55 bits per heavy atom. The number of hydrogen-bond donors (Lipinski definition) is 3. The summed E-state index contributed by atoms with van der Waals surface area (Å²) in [6.45, 7) is 1.31. The van der Waals surface area contributed by atoms with Crippen LogP contribution in [-0.4, -0.2) is 72.8 Å². The molecule has 0 saturated carbocycles. The number of aromatic nitrogens is 4. The van der Waals surface area contributed by atoms with Gasteiger partial charge in [0, 0.05) is 18.8 Å². The molecule has 5 rings (SSSR count). The number of anilines is 1. The molecule has 2 aliphatic heterocycles. The number of ether oxygens (including phenoxy) is 1. The highest BCUT2D eigenvalue weighted by atomic mass is 32.2. The minimum atomic E-state index is -1.20. The lowest BCUT2D eigenvalue weighted by Crippen LogP contribution is -2.34. The molecule has 0 radical (unpaired) electrons. The summed E-state index contributed by atoms with van der Waals surface area (Å²) in [5.74, 6) is 1.39. The zero-order valence-electron chi connectivity index (χ0n) is 16.9. The van der Waals surface area contributed by atoms with Gasteiger partial charge >= 0.3 is 0 Å². The number of hydrogen-bond acceptors (Lipinski definition) is 9. The van der Waals surface area contributed by atoms with Gasteiger partial charge in [-0.25, -0.2) is 15.0 Å². The molecule has 4 atom stereocenters. The van der Waals surface area contributed by atoms with E-state index in [1.807, 2.05) is 18.2 Å². The van der Waals surface area contributed by atoms with Crippen molar-refractivity contribution in [1.29, 1.82) is 0 Å². The molecule has 3 N–H and O–H groups in total. The monoisotopic (exact) mass is 443 g/mol. The molecule has 3 aromatic rings. The maximum Gasteiger partial charge on any atom is 0.210 e. The van der Waals surface area contributed by atoms with Crippen LogP contribution < -0.4 is 4.90 Å². The second kappa shape index (κ2) is 8.71. The molecule has 0 spiro atoms. The van der Waals surface area contributed by atoms with Crippen LogP contribution in [0, 0.1) is 0 Å². The van der Waals surface area contributed by atoms with Crippen molar-refractivity contribution in [1.82, 2.24) is 19.5 Å². The Morgan fingerprint density at radius 2 is 1.84 bits per heavy atom. The molecule has 0 aliphatic carbocycles. The lowest BCUT2D eigenvalue weighted by atomic mass is 10.1. The summed E-state index contributed by atoms with van der Waals surface area (Å²) in [4.78, 5) is 15.9. The molecule has 164 valence electrons. The smallest absolute Gasteiger partial charge is 0.210 e. The van der Waals surface area contributed by atoms with Gasteiger partial charge in [0.1, 0.15) is 35.2 Å². The summed E-state index contributed by atoms with van der Waals surface area (Å²) in [7, 11) is 0. The van der Waals surface area contributed by atoms with Crippen molar-refractivity contribution in [3.8, 4) is 0 Å². The first-order valence-corrected chi connectivity index (χ1v) is 11.4. The molecule has 4 heterocycles. The van der Waals surface area contributed by atoms with Crippen LogP contribution in [0.25, 0.3) is 11.2 Å². The van der Waals surface area contributed by atoms with Gasteiger partial charge in [0.25, 0.3) is 0 Å². The number of aliphatic hydroxyl groups excluding tert-OH is 3. The van der Waals surface area contributed by atoms with Crippen LogP contribution in [0.2, 0.25) is 0 Å². The molecule has 4 unspecified atom stereocenters. The highest BCUT2D eigenvalue weighted by Crippen LogP contribution is 2.38. The fraction of sp³-hybridized carbons (Fsp3) is 0.476. The summed E-state index contributed by atoms with van der Waals surface area (Å²) in [5.41, 5.74) is 2.37. The lowest BCUT2D eigenvalue weighted by molar-refractivity contribution is -0.0504. The number of thioether (sulfide) groups is 1. The van der Waals surface area contributed by atoms with E-state index in [2.05, 4.69) is 27.0 Å². The van der Waals surface area contributed by atoms with Crippen molar-refractivity contribution < 1.29 is 20.1 Å². The summed E-state index contributed by atoms with van der Waals surface area (Å²) in [6, 6.07) is 10.1. The van der Waals surface area contributed by atoms with E-state index in [9.17, 15) is 15.3 Å². The zero-order valence-corrected chi connectivity index (χ0v) is 17.7. The molecule has 31 heavy (non-hydrogen) atoms. The first-order valence-electron chi connectivity index (χ1n) is 10.4. The Labute approximate surface area is 183 Å². The second-order valence-corrected chi connectivity index (χ2v) is 8.79. The van der Waals surface area contributed by atoms with E-state index < -0.39 is 24.5 Å². The van der Waals surface area contributed by atoms with Crippen LogP contribution in [0.5, 0.6) is 0 Å². The van der Waals surface area contributed by atoms with E-state index in [0.717, 1.165) is 36.7 Å². The van der Waals surface area contributed by atoms with Crippen LogP contribution >= 0.6 is 11.8 Å². The van der Waals surface area contributed by atoms with E-state index in [1.165, 1.54) is 11.9 Å². The first kappa shape index (κ1) is 20.7. The number of aliphatic hydroxyl groups is 3. The quantitative estimate of drug-likeness (QED) is 0.383. The van der Waals surface area contributed by atoms with Crippen molar-refractivity contribution in [2.45, 2.75) is 48.2 Å². The average molecular weight is 444 g/mol. The van der Waals surface area contributed by atoms with Crippen LogP contribution in [-0.2, 0) is 10.5 Å². The molecule has 0 amide bonds. The first-order chi connectivity index (χ1) is 15.2. The topological polar surface area (TPSA) is 117 Å². The Hall–Kier alpha value is -2.24. The lowest BCUT2D eigenvalue weighted by Gasteiger charge is -2.23. The Kier molecular flexibility index (Phi) is 5.81. The number of rotatable bonds is 6. The normalized spacial score (nSPS) is 26.2. The molecule has 10 heteroatoms. The molecule has 0 bridgehead atoms. The van der Waals surface area contributed by atoms with Crippen LogP contribution in [0.3, 0.4) is 0 Å². The molecular formula is C21H25N5O4S. The fourth-order valence-corrected chi connectivity index (χ4v) is 5.07. The number of nitrogens with zero attached hydrogens (tertiary/aromatic N) is 5. The van der Waals surface area contributed by atoms with Crippen molar-refractivity contribution in [3.05, 3.63) is 42.2 Å². The van der Waals surface area contributed by atoms with Crippen molar-refractivity contribution in [2.75, 3.05) is 24.6 Å². The van der Waals surface area contributed by atoms with Gasteiger partial charge in [-0.05, 0) is 18.4 Å². The predicted molar refractivity (Wildman–Crippen MR) is 116 cm³/mol. The van der Waals surface area contributed by atoms with Crippen molar-refractivity contribution in [3.63, 3.8) is 0 Å². The van der Waals surface area contributed by atoms with Gasteiger partial charge in [0.05, 0.1) is 6.61 Å². The van der Waals surface area contributed by atoms with Gasteiger partial charge in [-0.1, -0.05) is 42.1 Å². The van der Waals surface area contributed by atoms with Gasteiger partial charge in [-0.15, -0.1) is 0 Å². The van der Waals surface area contributed by atoms with E-state index in [1.54, 1.807) is 16.3 Å². The standard InChI is InChI=1S/C21H25N5O4S/c27-10-14-16(28)17(29)20(30-14)26-18-15(24-21(26)25-8-4-5-9-25)19(23-12-22-18)31-11-13-6-2-1-3-7-13/h1-3,6-7,12,14,16-17,20,27-29H,4-5,8-11H2. The van der Waals surface area contributed by atoms with E-state index in [4.69, 9.17) is 9.72 Å². The van der Waals surface area contributed by atoms with E-state index in [-0.39, 0.29) is 6.61 Å². The number of benzene rings is 1. The van der Waals surface area contributed by atoms with Crippen molar-refractivity contribution in [2.24, 2.45) is 0 Å². The molecule has 2 saturated heterocycles. The summed E-state index contributed by atoms with van der Waals surface area (Å²) in [6.07, 6.45) is -0.546. The summed E-state index contributed by atoms with van der Waals surface area (Å²) >= 11 is 1.58. The molecular weight excluding hydrogens is 418 g/mol. The van der Waals surface area contributed by atoms with Crippen molar-refractivity contribution >= 4 is 28.9 Å². The van der Waals surface area contributed by atoms with E-state index in [0.29, 0.717) is 17.1 Å². The maximum atomic E-state index is 10.7. The van der Waals surface area contributed by atoms with E-state index >= 15 is 0 Å². The predicted octanol–water partition coefficient (Wildman–Crippen LogP) is 1.33. The summed E-state index contributed by atoms with van der Waals surface area (Å²) < 4.78 is 7.58. The molecule has 2 aliphatic rings. The highest BCUT2D eigenvalue weighted by molar-refractivity contribution is 7.98. The van der Waals surface area contributed by atoms with Gasteiger partial charge in [-0.2, -0.15) is 0 Å². The fourth-order valence-electron chi connectivity index (χ4n) is 4.18. The van der Waals surface area contributed by atoms with Gasteiger partial charge in [-0.3, -0.25) is 4.57 Å². The third kappa shape index (κ3) is 3.79. The average Bonchev–Trinajstić information content (AvgIpc) is 3.52. The Morgan fingerprint density at radius 1 is 1.06 bits per heavy atom.